The van der Waals surface area contributed by atoms with Gasteiger partial charge in [-0.1, -0.05) is 29.3 Å². The van der Waals surface area contributed by atoms with Crippen LogP contribution in [0.15, 0.2) is 42.5 Å². The fraction of sp³-hybridized carbons (Fsp3) is 0.235. The molecule has 0 aromatic heterocycles. The van der Waals surface area contributed by atoms with Gasteiger partial charge in [-0.2, -0.15) is 0 Å². The Morgan fingerprint density at radius 3 is 2.12 bits per heavy atom. The lowest BCUT2D eigenvalue weighted by atomic mass is 10.2. The van der Waals surface area contributed by atoms with Crippen molar-refractivity contribution in [2.45, 2.75) is 0 Å². The van der Waals surface area contributed by atoms with Gasteiger partial charge in [0.1, 0.15) is 0 Å². The van der Waals surface area contributed by atoms with E-state index in [2.05, 4.69) is 10.2 Å². The summed E-state index contributed by atoms with van der Waals surface area (Å²) in [5.74, 6) is 0. The van der Waals surface area contributed by atoms with E-state index >= 15 is 0 Å². The first kappa shape index (κ1) is 16.7. The highest BCUT2D eigenvalue weighted by molar-refractivity contribution is 6.39. The minimum Gasteiger partial charge on any atom is -0.399 e. The van der Waals surface area contributed by atoms with Gasteiger partial charge in [0.15, 0.2) is 0 Å². The van der Waals surface area contributed by atoms with Gasteiger partial charge >= 0.3 is 6.03 Å². The molecule has 1 saturated heterocycles. The van der Waals surface area contributed by atoms with Crippen LogP contribution in [0, 0.1) is 0 Å². The Hall–Kier alpha value is -2.11. The average Bonchev–Trinajstić information content (AvgIpc) is 2.59. The molecule has 7 heteroatoms. The molecule has 0 radical (unpaired) electrons. The summed E-state index contributed by atoms with van der Waals surface area (Å²) in [5.41, 5.74) is 8.02. The average molecular weight is 365 g/mol. The Morgan fingerprint density at radius 2 is 1.54 bits per heavy atom. The zero-order valence-corrected chi connectivity index (χ0v) is 14.5. The van der Waals surface area contributed by atoms with Gasteiger partial charge in [0.25, 0.3) is 0 Å². The molecule has 1 heterocycles. The molecule has 1 aliphatic rings. The first-order valence-corrected chi connectivity index (χ1v) is 8.40. The maximum atomic E-state index is 12.4. The molecular weight excluding hydrogens is 347 g/mol. The zero-order chi connectivity index (χ0) is 17.1. The molecule has 0 aliphatic carbocycles. The Balaban J connectivity index is 1.60. The fourth-order valence-electron chi connectivity index (χ4n) is 2.66. The molecule has 0 bridgehead atoms. The molecule has 24 heavy (non-hydrogen) atoms. The molecule has 2 amide bonds. The van der Waals surface area contributed by atoms with Gasteiger partial charge in [-0.15, -0.1) is 0 Å². The third-order valence-corrected chi connectivity index (χ3v) is 4.65. The Labute approximate surface area is 150 Å². The van der Waals surface area contributed by atoms with E-state index in [1.165, 1.54) is 0 Å². The molecule has 126 valence electrons. The largest absolute Gasteiger partial charge is 0.399 e. The summed E-state index contributed by atoms with van der Waals surface area (Å²) < 4.78 is 0. The van der Waals surface area contributed by atoms with Crippen molar-refractivity contribution in [2.24, 2.45) is 0 Å². The summed E-state index contributed by atoms with van der Waals surface area (Å²) in [7, 11) is 0. The zero-order valence-electron chi connectivity index (χ0n) is 13.0. The standard InChI is InChI=1S/C17H18Cl2N4O/c18-14-2-1-3-15(19)16(14)21-17(24)23-10-8-22(9-11-23)13-6-4-12(20)5-7-13/h1-7H,8-11,20H2,(H,21,24). The smallest absolute Gasteiger partial charge is 0.322 e. The third kappa shape index (κ3) is 3.68. The van der Waals surface area contributed by atoms with Crippen LogP contribution in [0.1, 0.15) is 0 Å². The molecule has 0 spiro atoms. The van der Waals surface area contributed by atoms with Crippen LogP contribution >= 0.6 is 23.2 Å². The van der Waals surface area contributed by atoms with E-state index in [1.807, 2.05) is 24.3 Å². The topological polar surface area (TPSA) is 61.6 Å². The molecule has 0 saturated carbocycles. The Kier molecular flexibility index (Phi) is 5.02. The number of hydrogen-bond acceptors (Lipinski definition) is 3. The predicted molar refractivity (Wildman–Crippen MR) is 100 cm³/mol. The SMILES string of the molecule is Nc1ccc(N2CCN(C(=O)Nc3c(Cl)cccc3Cl)CC2)cc1. The lowest BCUT2D eigenvalue weighted by Gasteiger charge is -2.36. The third-order valence-electron chi connectivity index (χ3n) is 4.02. The lowest BCUT2D eigenvalue weighted by molar-refractivity contribution is 0.208. The first-order valence-electron chi connectivity index (χ1n) is 7.65. The molecular formula is C17H18Cl2N4O. The monoisotopic (exact) mass is 364 g/mol. The number of carbonyl (C=O) groups excluding carboxylic acids is 1. The highest BCUT2D eigenvalue weighted by Gasteiger charge is 2.22. The van der Waals surface area contributed by atoms with Crippen LogP contribution in [0.3, 0.4) is 0 Å². The molecule has 0 unspecified atom stereocenters. The van der Waals surface area contributed by atoms with E-state index in [1.54, 1.807) is 23.1 Å². The number of piperazine rings is 1. The quantitative estimate of drug-likeness (QED) is 0.793. The van der Waals surface area contributed by atoms with Crippen molar-refractivity contribution in [2.75, 3.05) is 42.1 Å². The number of nitrogen functional groups attached to an aromatic ring is 1. The number of hydrogen-bond donors (Lipinski definition) is 2. The van der Waals surface area contributed by atoms with Crippen molar-refractivity contribution in [1.29, 1.82) is 0 Å². The van der Waals surface area contributed by atoms with Gasteiger partial charge in [0.2, 0.25) is 0 Å². The second-order valence-corrected chi connectivity index (χ2v) is 6.41. The van der Waals surface area contributed by atoms with Gasteiger partial charge < -0.3 is 20.9 Å². The number of amides is 2. The van der Waals surface area contributed by atoms with Gasteiger partial charge in [-0.05, 0) is 36.4 Å². The highest BCUT2D eigenvalue weighted by atomic mass is 35.5. The van der Waals surface area contributed by atoms with Crippen LogP contribution in [0.2, 0.25) is 10.0 Å². The summed E-state index contributed by atoms with van der Waals surface area (Å²) in [6.07, 6.45) is 0. The minimum atomic E-state index is -0.193. The number of nitrogens with two attached hydrogens (primary N) is 1. The van der Waals surface area contributed by atoms with Gasteiger partial charge in [0, 0.05) is 37.6 Å². The van der Waals surface area contributed by atoms with E-state index in [9.17, 15) is 4.79 Å². The van der Waals surface area contributed by atoms with E-state index in [-0.39, 0.29) is 6.03 Å². The molecule has 1 aliphatic heterocycles. The fourth-order valence-corrected chi connectivity index (χ4v) is 3.15. The van der Waals surface area contributed by atoms with Crippen LogP contribution in [-0.2, 0) is 0 Å². The van der Waals surface area contributed by atoms with E-state index in [0.717, 1.165) is 24.5 Å². The molecule has 3 N–H and O–H groups in total. The number of carbonyl (C=O) groups is 1. The van der Waals surface area contributed by atoms with Crippen LogP contribution in [0.25, 0.3) is 0 Å². The highest BCUT2D eigenvalue weighted by Crippen LogP contribution is 2.30. The van der Waals surface area contributed by atoms with Crippen molar-refractivity contribution in [3.05, 3.63) is 52.5 Å². The number of benzene rings is 2. The number of nitrogens with one attached hydrogen (secondary N) is 1. The Bertz CT molecular complexity index is 708. The summed E-state index contributed by atoms with van der Waals surface area (Å²) in [4.78, 5) is 16.4. The predicted octanol–water partition coefficient (Wildman–Crippen LogP) is 3.93. The molecule has 1 fully saturated rings. The van der Waals surface area contributed by atoms with Crippen molar-refractivity contribution in [3.8, 4) is 0 Å². The second kappa shape index (κ2) is 7.20. The maximum absolute atomic E-state index is 12.4. The van der Waals surface area contributed by atoms with Gasteiger partial charge in [-0.3, -0.25) is 0 Å². The number of halogens is 2. The maximum Gasteiger partial charge on any atom is 0.322 e. The molecule has 2 aromatic rings. The summed E-state index contributed by atoms with van der Waals surface area (Å²) >= 11 is 12.2. The van der Waals surface area contributed by atoms with Crippen LogP contribution in [0.5, 0.6) is 0 Å². The number of urea groups is 1. The molecule has 5 nitrogen and oxygen atoms in total. The Morgan fingerprint density at radius 1 is 0.958 bits per heavy atom. The van der Waals surface area contributed by atoms with Crippen molar-refractivity contribution in [3.63, 3.8) is 0 Å². The van der Waals surface area contributed by atoms with Crippen LogP contribution < -0.4 is 16.0 Å². The second-order valence-electron chi connectivity index (χ2n) is 5.59. The number of para-hydroxylation sites is 1. The molecule has 3 rings (SSSR count). The van der Waals surface area contributed by atoms with Crippen molar-refractivity contribution in [1.82, 2.24) is 4.90 Å². The van der Waals surface area contributed by atoms with Crippen LogP contribution in [-0.4, -0.2) is 37.1 Å². The van der Waals surface area contributed by atoms with Crippen molar-refractivity contribution >= 4 is 46.3 Å². The number of nitrogens with zero attached hydrogens (tertiary/aromatic N) is 2. The van der Waals surface area contributed by atoms with Crippen LogP contribution in [0.4, 0.5) is 21.9 Å². The lowest BCUT2D eigenvalue weighted by Crippen LogP contribution is -2.50. The normalized spacial score (nSPS) is 14.6. The van der Waals surface area contributed by atoms with E-state index < -0.39 is 0 Å². The first-order chi connectivity index (χ1) is 11.5. The minimum absolute atomic E-state index is 0.193. The van der Waals surface area contributed by atoms with E-state index in [4.69, 9.17) is 28.9 Å². The summed E-state index contributed by atoms with van der Waals surface area (Å²) in [6.45, 7) is 2.76. The van der Waals surface area contributed by atoms with Crippen molar-refractivity contribution < 1.29 is 4.79 Å². The number of anilines is 3. The summed E-state index contributed by atoms with van der Waals surface area (Å²) in [5, 5.41) is 3.65. The van der Waals surface area contributed by atoms with E-state index in [0.29, 0.717) is 28.8 Å². The van der Waals surface area contributed by atoms with Gasteiger partial charge in [-0.25, -0.2) is 4.79 Å². The number of rotatable bonds is 2. The molecule has 0 atom stereocenters. The summed E-state index contributed by atoms with van der Waals surface area (Å²) in [6, 6.07) is 12.7. The van der Waals surface area contributed by atoms with Gasteiger partial charge in [0.05, 0.1) is 15.7 Å². The molecule has 2 aromatic carbocycles.